The maximum absolute atomic E-state index is 12.9. The number of amides is 2. The van der Waals surface area contributed by atoms with Crippen molar-refractivity contribution in [3.05, 3.63) is 72.8 Å². The highest BCUT2D eigenvalue weighted by molar-refractivity contribution is 7.92. The molecule has 3 aromatic carbocycles. The van der Waals surface area contributed by atoms with E-state index in [2.05, 4.69) is 15.4 Å². The molecular formula is C24H25N3O7S. The summed E-state index contributed by atoms with van der Waals surface area (Å²) in [6.45, 7) is -0.612. The Labute approximate surface area is 203 Å². The smallest absolute Gasteiger partial charge is 0.262 e. The first kappa shape index (κ1) is 25.4. The van der Waals surface area contributed by atoms with Crippen molar-refractivity contribution in [2.24, 2.45) is 0 Å². The Balaban J connectivity index is 1.64. The van der Waals surface area contributed by atoms with Crippen LogP contribution in [0.1, 0.15) is 0 Å². The minimum atomic E-state index is -4.01. The first-order valence-corrected chi connectivity index (χ1v) is 11.9. The first-order valence-electron chi connectivity index (χ1n) is 10.4. The number of hydrogen-bond donors (Lipinski definition) is 3. The minimum Gasteiger partial charge on any atom is -0.495 e. The molecule has 3 rings (SSSR count). The average molecular weight is 500 g/mol. The summed E-state index contributed by atoms with van der Waals surface area (Å²) in [6, 6.07) is 19.4. The highest BCUT2D eigenvalue weighted by Crippen LogP contribution is 2.30. The lowest BCUT2D eigenvalue weighted by Crippen LogP contribution is -2.35. The Bertz CT molecular complexity index is 1280. The number of carbonyl (C=O) groups excluding carboxylic acids is 2. The first-order chi connectivity index (χ1) is 16.8. The van der Waals surface area contributed by atoms with Crippen LogP contribution in [-0.2, 0) is 19.6 Å². The van der Waals surface area contributed by atoms with Crippen LogP contribution < -0.4 is 29.6 Å². The molecule has 0 fully saturated rings. The van der Waals surface area contributed by atoms with E-state index in [1.54, 1.807) is 48.5 Å². The lowest BCUT2D eigenvalue weighted by Gasteiger charge is -2.15. The summed E-state index contributed by atoms with van der Waals surface area (Å²) >= 11 is 0. The van der Waals surface area contributed by atoms with Crippen LogP contribution in [0.25, 0.3) is 0 Å². The molecule has 0 spiro atoms. The second-order valence-corrected chi connectivity index (χ2v) is 8.78. The minimum absolute atomic E-state index is 0.111. The van der Waals surface area contributed by atoms with Gasteiger partial charge in [0.2, 0.25) is 5.91 Å². The number of nitrogens with one attached hydrogen (secondary N) is 3. The van der Waals surface area contributed by atoms with E-state index in [1.807, 2.05) is 6.07 Å². The van der Waals surface area contributed by atoms with Crippen LogP contribution in [0.3, 0.4) is 0 Å². The number of hydrogen-bond acceptors (Lipinski definition) is 7. The van der Waals surface area contributed by atoms with Gasteiger partial charge in [0.1, 0.15) is 17.2 Å². The molecule has 0 aliphatic heterocycles. The molecule has 0 radical (unpaired) electrons. The van der Waals surface area contributed by atoms with Crippen molar-refractivity contribution >= 4 is 33.2 Å². The van der Waals surface area contributed by atoms with Gasteiger partial charge in [0.25, 0.3) is 15.9 Å². The molecule has 11 heteroatoms. The summed E-state index contributed by atoms with van der Waals surface area (Å²) in [6.07, 6.45) is 0. The number of carbonyl (C=O) groups is 2. The van der Waals surface area contributed by atoms with Crippen molar-refractivity contribution in [2.45, 2.75) is 4.90 Å². The van der Waals surface area contributed by atoms with E-state index in [1.165, 1.54) is 32.4 Å². The van der Waals surface area contributed by atoms with Crippen LogP contribution in [-0.4, -0.2) is 47.6 Å². The van der Waals surface area contributed by atoms with Gasteiger partial charge in [0, 0.05) is 0 Å². The Hall–Kier alpha value is -4.25. The maximum Gasteiger partial charge on any atom is 0.262 e. The molecule has 35 heavy (non-hydrogen) atoms. The zero-order chi connectivity index (χ0) is 25.3. The lowest BCUT2D eigenvalue weighted by molar-refractivity contribution is -0.125. The molecule has 3 N–H and O–H groups in total. The summed E-state index contributed by atoms with van der Waals surface area (Å²) < 4.78 is 44.0. The van der Waals surface area contributed by atoms with Gasteiger partial charge in [-0.2, -0.15) is 0 Å². The predicted octanol–water partition coefficient (Wildman–Crippen LogP) is 2.64. The quantitative estimate of drug-likeness (QED) is 0.369. The van der Waals surface area contributed by atoms with E-state index in [-0.39, 0.29) is 35.2 Å². The van der Waals surface area contributed by atoms with Crippen LogP contribution in [0.5, 0.6) is 17.2 Å². The SMILES string of the molecule is COc1ccc(S(=O)(=O)Nc2ccccc2OC)cc1NC(=O)CNC(=O)COc1ccccc1. The van der Waals surface area contributed by atoms with Crippen molar-refractivity contribution in [1.29, 1.82) is 0 Å². The number of methoxy groups -OCH3 is 2. The second kappa shape index (κ2) is 11.7. The van der Waals surface area contributed by atoms with Crippen LogP contribution in [0.4, 0.5) is 11.4 Å². The van der Waals surface area contributed by atoms with Crippen LogP contribution in [0, 0.1) is 0 Å². The lowest BCUT2D eigenvalue weighted by atomic mass is 10.3. The fourth-order valence-corrected chi connectivity index (χ4v) is 4.07. The molecule has 10 nitrogen and oxygen atoms in total. The molecule has 0 atom stereocenters. The Morgan fingerprint density at radius 3 is 2.17 bits per heavy atom. The molecule has 3 aromatic rings. The van der Waals surface area contributed by atoms with Crippen LogP contribution >= 0.6 is 0 Å². The second-order valence-electron chi connectivity index (χ2n) is 7.09. The maximum atomic E-state index is 12.9. The van der Waals surface area contributed by atoms with Gasteiger partial charge in [-0.3, -0.25) is 14.3 Å². The van der Waals surface area contributed by atoms with Crippen LogP contribution in [0.15, 0.2) is 77.7 Å². The standard InChI is InChI=1S/C24H25N3O7S/c1-32-21-11-7-6-10-19(21)27-35(30,31)18-12-13-22(33-2)20(14-18)26-23(28)15-25-24(29)16-34-17-8-4-3-5-9-17/h3-14,27H,15-16H2,1-2H3,(H,25,29)(H,26,28). The van der Waals surface area contributed by atoms with Gasteiger partial charge in [-0.05, 0) is 42.5 Å². The van der Waals surface area contributed by atoms with Gasteiger partial charge in [-0.15, -0.1) is 0 Å². The van der Waals surface area contributed by atoms with Crippen molar-refractivity contribution in [3.8, 4) is 17.2 Å². The zero-order valence-corrected chi connectivity index (χ0v) is 19.9. The third-order valence-corrected chi connectivity index (χ3v) is 6.03. The predicted molar refractivity (Wildman–Crippen MR) is 130 cm³/mol. The largest absolute Gasteiger partial charge is 0.495 e. The molecule has 184 valence electrons. The van der Waals surface area contributed by atoms with Gasteiger partial charge in [0.05, 0.1) is 37.0 Å². The highest BCUT2D eigenvalue weighted by atomic mass is 32.2. The fraction of sp³-hybridized carbons (Fsp3) is 0.167. The zero-order valence-electron chi connectivity index (χ0n) is 19.1. The van der Waals surface area contributed by atoms with Gasteiger partial charge < -0.3 is 24.8 Å². The third-order valence-electron chi connectivity index (χ3n) is 4.67. The number of anilines is 2. The average Bonchev–Trinajstić information content (AvgIpc) is 2.87. The molecule has 0 saturated carbocycles. The molecule has 0 aliphatic carbocycles. The Kier molecular flexibility index (Phi) is 8.52. The van der Waals surface area contributed by atoms with E-state index in [4.69, 9.17) is 14.2 Å². The summed E-state index contributed by atoms with van der Waals surface area (Å²) in [5, 5.41) is 4.99. The molecule has 0 unspecified atom stereocenters. The monoisotopic (exact) mass is 499 g/mol. The Morgan fingerprint density at radius 1 is 0.800 bits per heavy atom. The fourth-order valence-electron chi connectivity index (χ4n) is 2.97. The summed E-state index contributed by atoms with van der Waals surface area (Å²) in [5.74, 6) is 0.0481. The molecule has 0 heterocycles. The number of para-hydroxylation sites is 3. The molecule has 0 aromatic heterocycles. The van der Waals surface area contributed by atoms with Crippen molar-refractivity contribution in [2.75, 3.05) is 37.4 Å². The van der Waals surface area contributed by atoms with E-state index in [0.717, 1.165) is 0 Å². The topological polar surface area (TPSA) is 132 Å². The Morgan fingerprint density at radius 2 is 1.46 bits per heavy atom. The molecular weight excluding hydrogens is 474 g/mol. The normalized spacial score (nSPS) is 10.7. The van der Waals surface area contributed by atoms with Gasteiger partial charge >= 0.3 is 0 Å². The molecule has 2 amide bonds. The molecule has 0 aliphatic rings. The summed E-state index contributed by atoms with van der Waals surface area (Å²) in [7, 11) is -1.20. The highest BCUT2D eigenvalue weighted by Gasteiger charge is 2.19. The number of ether oxygens (including phenoxy) is 3. The molecule has 0 bridgehead atoms. The van der Waals surface area contributed by atoms with Gasteiger partial charge in [-0.1, -0.05) is 30.3 Å². The van der Waals surface area contributed by atoms with E-state index in [9.17, 15) is 18.0 Å². The van der Waals surface area contributed by atoms with Crippen LogP contribution in [0.2, 0.25) is 0 Å². The third kappa shape index (κ3) is 7.11. The van der Waals surface area contributed by atoms with Crippen molar-refractivity contribution < 1.29 is 32.2 Å². The van der Waals surface area contributed by atoms with Crippen molar-refractivity contribution in [1.82, 2.24) is 5.32 Å². The van der Waals surface area contributed by atoms with Gasteiger partial charge in [-0.25, -0.2) is 8.42 Å². The van der Waals surface area contributed by atoms with Gasteiger partial charge in [0.15, 0.2) is 6.61 Å². The number of sulfonamides is 1. The van der Waals surface area contributed by atoms with E-state index < -0.39 is 21.8 Å². The molecule has 0 saturated heterocycles. The van der Waals surface area contributed by atoms with E-state index in [0.29, 0.717) is 11.5 Å². The number of rotatable bonds is 11. The van der Waals surface area contributed by atoms with Crippen molar-refractivity contribution in [3.63, 3.8) is 0 Å². The number of benzene rings is 3. The van der Waals surface area contributed by atoms with E-state index >= 15 is 0 Å². The summed E-state index contributed by atoms with van der Waals surface area (Å²) in [4.78, 5) is 24.2. The summed E-state index contributed by atoms with van der Waals surface area (Å²) in [5.41, 5.74) is 0.382.